The van der Waals surface area contributed by atoms with Gasteiger partial charge < -0.3 is 15.5 Å². The number of nitrogens with zero attached hydrogens (tertiary/aromatic N) is 4. The Morgan fingerprint density at radius 1 is 1.05 bits per heavy atom. The van der Waals surface area contributed by atoms with E-state index in [0.29, 0.717) is 5.95 Å². The van der Waals surface area contributed by atoms with Crippen LogP contribution >= 0.6 is 0 Å². The Balaban J connectivity index is 2.13. The highest BCUT2D eigenvalue weighted by Crippen LogP contribution is 2.15. The van der Waals surface area contributed by atoms with Crippen LogP contribution in [-0.2, 0) is 6.54 Å². The number of rotatable bonds is 4. The zero-order chi connectivity index (χ0) is 13.8. The topological polar surface area (TPSA) is 58.3 Å². The standard InChI is InChI=1S/C14H19N5/c1-18(2)14-16-9-8-13(17-14)19(3)10-11-4-6-12(15)7-5-11/h4-9H,10,15H2,1-3H3. The van der Waals surface area contributed by atoms with Crippen molar-refractivity contribution in [3.05, 3.63) is 42.1 Å². The van der Waals surface area contributed by atoms with Gasteiger partial charge in [-0.2, -0.15) is 4.98 Å². The van der Waals surface area contributed by atoms with Gasteiger partial charge in [-0.3, -0.25) is 0 Å². The van der Waals surface area contributed by atoms with Crippen LogP contribution in [0.25, 0.3) is 0 Å². The predicted molar refractivity (Wildman–Crippen MR) is 79.3 cm³/mol. The van der Waals surface area contributed by atoms with Gasteiger partial charge in [0.15, 0.2) is 0 Å². The van der Waals surface area contributed by atoms with E-state index in [4.69, 9.17) is 5.73 Å². The lowest BCUT2D eigenvalue weighted by Gasteiger charge is -2.20. The second-order valence-electron chi connectivity index (χ2n) is 4.71. The van der Waals surface area contributed by atoms with E-state index >= 15 is 0 Å². The lowest BCUT2D eigenvalue weighted by molar-refractivity contribution is 0.881. The molecule has 0 fully saturated rings. The summed E-state index contributed by atoms with van der Waals surface area (Å²) in [6.45, 7) is 0.782. The average Bonchev–Trinajstić information content (AvgIpc) is 2.41. The monoisotopic (exact) mass is 257 g/mol. The Labute approximate surface area is 113 Å². The zero-order valence-electron chi connectivity index (χ0n) is 11.5. The van der Waals surface area contributed by atoms with Crippen molar-refractivity contribution in [2.24, 2.45) is 0 Å². The maximum atomic E-state index is 5.68. The largest absolute Gasteiger partial charge is 0.399 e. The van der Waals surface area contributed by atoms with Crippen molar-refractivity contribution in [1.29, 1.82) is 0 Å². The summed E-state index contributed by atoms with van der Waals surface area (Å²) < 4.78 is 0. The lowest BCUT2D eigenvalue weighted by atomic mass is 10.2. The van der Waals surface area contributed by atoms with Crippen molar-refractivity contribution < 1.29 is 0 Å². The van der Waals surface area contributed by atoms with Crippen LogP contribution in [0.1, 0.15) is 5.56 Å². The molecule has 0 spiro atoms. The van der Waals surface area contributed by atoms with Crippen molar-refractivity contribution >= 4 is 17.5 Å². The van der Waals surface area contributed by atoms with Crippen LogP contribution in [0, 0.1) is 0 Å². The molecule has 5 heteroatoms. The van der Waals surface area contributed by atoms with E-state index in [1.165, 1.54) is 5.56 Å². The average molecular weight is 257 g/mol. The summed E-state index contributed by atoms with van der Waals surface area (Å²) in [6, 6.07) is 9.78. The van der Waals surface area contributed by atoms with Crippen LogP contribution < -0.4 is 15.5 Å². The third-order valence-electron chi connectivity index (χ3n) is 2.82. The number of aromatic nitrogens is 2. The molecule has 5 nitrogen and oxygen atoms in total. The molecule has 1 heterocycles. The fourth-order valence-corrected chi connectivity index (χ4v) is 1.75. The number of benzene rings is 1. The van der Waals surface area contributed by atoms with Gasteiger partial charge in [0, 0.05) is 39.6 Å². The molecule has 0 aliphatic carbocycles. The molecule has 0 radical (unpaired) electrons. The van der Waals surface area contributed by atoms with Crippen molar-refractivity contribution in [1.82, 2.24) is 9.97 Å². The summed E-state index contributed by atoms with van der Waals surface area (Å²) in [5, 5.41) is 0. The van der Waals surface area contributed by atoms with E-state index in [1.54, 1.807) is 6.20 Å². The minimum absolute atomic E-state index is 0.710. The Bertz CT molecular complexity index is 536. The molecule has 0 saturated heterocycles. The van der Waals surface area contributed by atoms with Crippen LogP contribution in [0.2, 0.25) is 0 Å². The van der Waals surface area contributed by atoms with Gasteiger partial charge in [-0.1, -0.05) is 12.1 Å². The first-order chi connectivity index (χ1) is 9.06. The van der Waals surface area contributed by atoms with E-state index < -0.39 is 0 Å². The smallest absolute Gasteiger partial charge is 0.226 e. The number of nitrogens with two attached hydrogens (primary N) is 1. The van der Waals surface area contributed by atoms with Crippen molar-refractivity contribution in [3.8, 4) is 0 Å². The Morgan fingerprint density at radius 2 is 1.74 bits per heavy atom. The van der Waals surface area contributed by atoms with Gasteiger partial charge in [-0.25, -0.2) is 4.98 Å². The number of anilines is 3. The van der Waals surface area contributed by atoms with Crippen molar-refractivity contribution in [2.75, 3.05) is 36.7 Å². The molecule has 0 unspecified atom stereocenters. The molecule has 2 aromatic rings. The maximum Gasteiger partial charge on any atom is 0.226 e. The number of nitrogen functional groups attached to an aromatic ring is 1. The second-order valence-corrected chi connectivity index (χ2v) is 4.71. The van der Waals surface area contributed by atoms with E-state index in [-0.39, 0.29) is 0 Å². The summed E-state index contributed by atoms with van der Waals surface area (Å²) in [5.41, 5.74) is 7.66. The molecule has 0 saturated carbocycles. The highest BCUT2D eigenvalue weighted by molar-refractivity contribution is 5.44. The highest BCUT2D eigenvalue weighted by atomic mass is 15.3. The first-order valence-corrected chi connectivity index (χ1v) is 6.12. The van der Waals surface area contributed by atoms with Gasteiger partial charge in [-0.15, -0.1) is 0 Å². The molecule has 1 aromatic carbocycles. The number of hydrogen-bond donors (Lipinski definition) is 1. The van der Waals surface area contributed by atoms with E-state index in [0.717, 1.165) is 18.1 Å². The van der Waals surface area contributed by atoms with E-state index in [9.17, 15) is 0 Å². The SMILES string of the molecule is CN(C)c1nccc(N(C)Cc2ccc(N)cc2)n1. The molecule has 2 N–H and O–H groups in total. The maximum absolute atomic E-state index is 5.68. The van der Waals surface area contributed by atoms with Gasteiger partial charge in [0.05, 0.1) is 0 Å². The minimum Gasteiger partial charge on any atom is -0.399 e. The second kappa shape index (κ2) is 5.56. The van der Waals surface area contributed by atoms with Gasteiger partial charge >= 0.3 is 0 Å². The van der Waals surface area contributed by atoms with Crippen LogP contribution in [0.4, 0.5) is 17.5 Å². The summed E-state index contributed by atoms with van der Waals surface area (Å²) in [4.78, 5) is 12.7. The van der Waals surface area contributed by atoms with Crippen LogP contribution in [0.15, 0.2) is 36.5 Å². The Hall–Kier alpha value is -2.30. The van der Waals surface area contributed by atoms with Crippen LogP contribution in [0.3, 0.4) is 0 Å². The third kappa shape index (κ3) is 3.34. The highest BCUT2D eigenvalue weighted by Gasteiger charge is 2.06. The molecular formula is C14H19N5. The van der Waals surface area contributed by atoms with E-state index in [2.05, 4.69) is 14.9 Å². The fourth-order valence-electron chi connectivity index (χ4n) is 1.75. The third-order valence-corrected chi connectivity index (χ3v) is 2.82. The molecule has 1 aromatic heterocycles. The summed E-state index contributed by atoms with van der Waals surface area (Å²) >= 11 is 0. The molecule has 19 heavy (non-hydrogen) atoms. The first kappa shape index (κ1) is 13.1. The van der Waals surface area contributed by atoms with Gasteiger partial charge in [0.1, 0.15) is 5.82 Å². The van der Waals surface area contributed by atoms with Crippen molar-refractivity contribution in [2.45, 2.75) is 6.54 Å². The lowest BCUT2D eigenvalue weighted by Crippen LogP contribution is -2.20. The van der Waals surface area contributed by atoms with Gasteiger partial charge in [0.25, 0.3) is 0 Å². The minimum atomic E-state index is 0.710. The Kier molecular flexibility index (Phi) is 3.85. The molecule has 0 aliphatic rings. The quantitative estimate of drug-likeness (QED) is 0.846. The molecule has 0 amide bonds. The molecule has 100 valence electrons. The first-order valence-electron chi connectivity index (χ1n) is 6.12. The van der Waals surface area contributed by atoms with Gasteiger partial charge in [0.2, 0.25) is 5.95 Å². The normalized spacial score (nSPS) is 10.3. The number of hydrogen-bond acceptors (Lipinski definition) is 5. The zero-order valence-corrected chi connectivity index (χ0v) is 11.5. The van der Waals surface area contributed by atoms with Gasteiger partial charge in [-0.05, 0) is 23.8 Å². The molecule has 0 atom stereocenters. The summed E-state index contributed by atoms with van der Waals surface area (Å²) in [7, 11) is 5.87. The molecular weight excluding hydrogens is 238 g/mol. The van der Waals surface area contributed by atoms with Crippen LogP contribution in [0.5, 0.6) is 0 Å². The van der Waals surface area contributed by atoms with Crippen LogP contribution in [-0.4, -0.2) is 31.1 Å². The summed E-state index contributed by atoms with van der Waals surface area (Å²) in [5.74, 6) is 1.61. The van der Waals surface area contributed by atoms with Crippen molar-refractivity contribution in [3.63, 3.8) is 0 Å². The Morgan fingerprint density at radius 3 is 2.37 bits per heavy atom. The molecule has 0 bridgehead atoms. The molecule has 2 rings (SSSR count). The fraction of sp³-hybridized carbons (Fsp3) is 0.286. The van der Waals surface area contributed by atoms with E-state index in [1.807, 2.05) is 56.4 Å². The summed E-state index contributed by atoms with van der Waals surface area (Å²) in [6.07, 6.45) is 1.77. The molecule has 0 aliphatic heterocycles. The predicted octanol–water partition coefficient (Wildman–Crippen LogP) is 1.76.